The summed E-state index contributed by atoms with van der Waals surface area (Å²) < 4.78 is 12.3. The highest BCUT2D eigenvalue weighted by atomic mass is 32.1. The van der Waals surface area contributed by atoms with E-state index >= 15 is 0 Å². The van der Waals surface area contributed by atoms with Gasteiger partial charge in [-0.2, -0.15) is 5.26 Å². The third kappa shape index (κ3) is 7.54. The van der Waals surface area contributed by atoms with E-state index < -0.39 is 0 Å². The Kier molecular flexibility index (Phi) is 11.3. The van der Waals surface area contributed by atoms with Gasteiger partial charge in [-0.1, -0.05) is 72.9 Å². The lowest BCUT2D eigenvalue weighted by atomic mass is 9.84. The summed E-state index contributed by atoms with van der Waals surface area (Å²) in [6.45, 7) is 3.51. The summed E-state index contributed by atoms with van der Waals surface area (Å²) in [4.78, 5) is 24.2. The monoisotopic (exact) mass is 681 g/mol. The van der Waals surface area contributed by atoms with E-state index in [-0.39, 0.29) is 30.0 Å². The number of nitriles is 1. The second-order valence-corrected chi connectivity index (χ2v) is 13.8. The van der Waals surface area contributed by atoms with Crippen LogP contribution >= 0.6 is 24.8 Å². The van der Waals surface area contributed by atoms with Crippen LogP contribution in [-0.4, -0.2) is 89.2 Å². The number of hydrogen-bond donors (Lipinski definition) is 1. The number of hydrogen-bond acceptors (Lipinski definition) is 7. The van der Waals surface area contributed by atoms with Crippen molar-refractivity contribution in [1.82, 2.24) is 14.7 Å². The van der Waals surface area contributed by atoms with Crippen LogP contribution in [-0.2, 0) is 0 Å². The fraction of sp³-hybridized carbons (Fsp3) is 0.421. The van der Waals surface area contributed by atoms with Crippen molar-refractivity contribution in [3.05, 3.63) is 89.5 Å². The molecule has 3 aromatic rings. The molecule has 3 aliphatic heterocycles. The smallest absolute Gasteiger partial charge is 0.256 e. The van der Waals surface area contributed by atoms with Crippen molar-refractivity contribution in [1.29, 1.82) is 5.26 Å². The van der Waals surface area contributed by atoms with Crippen LogP contribution in [0.3, 0.4) is 0 Å². The first-order valence-electron chi connectivity index (χ1n) is 16.9. The standard InChI is InChI=1S/C38H43N5O3S2/c1-45-35-23-31-32(40-26-29-15-10-19-42(29)37(31)44)24-36(35)46-22-9-8-18-41-20-21-43(38(47)48)33(34(41)25-39)17-16-30(27-11-4-2-5-12-27)28-13-6-3-7-14-28/h2-7,11-14,23-24,26,29-30,33-34H,8-10,15-22H2,1H3,(H,47,48)/t29-,33?,34?/m0/s1. The number of amides is 1. The molecule has 8 nitrogen and oxygen atoms in total. The lowest BCUT2D eigenvalue weighted by Gasteiger charge is -2.45. The molecule has 0 radical (unpaired) electrons. The first kappa shape index (κ1) is 34.0. The molecule has 0 N–H and O–H groups in total. The zero-order valence-corrected chi connectivity index (χ0v) is 29.1. The van der Waals surface area contributed by atoms with E-state index in [4.69, 9.17) is 21.7 Å². The highest BCUT2D eigenvalue weighted by molar-refractivity contribution is 8.10. The summed E-state index contributed by atoms with van der Waals surface area (Å²) >= 11 is 10.1. The van der Waals surface area contributed by atoms with Crippen LogP contribution in [0, 0.1) is 11.3 Å². The van der Waals surface area contributed by atoms with Gasteiger partial charge in [0.05, 0.1) is 43.1 Å². The van der Waals surface area contributed by atoms with Gasteiger partial charge in [0.2, 0.25) is 0 Å². The zero-order valence-electron chi connectivity index (χ0n) is 27.4. The Bertz CT molecular complexity index is 1610. The molecule has 0 spiro atoms. The van der Waals surface area contributed by atoms with Crippen LogP contribution in [0.5, 0.6) is 11.5 Å². The van der Waals surface area contributed by atoms with E-state index in [1.54, 1.807) is 13.2 Å². The van der Waals surface area contributed by atoms with Gasteiger partial charge in [0.15, 0.2) is 11.5 Å². The number of carbonyl (C=O) groups is 1. The number of thiocarbonyl (C=S) groups is 1. The third-order valence-corrected chi connectivity index (χ3v) is 10.4. The van der Waals surface area contributed by atoms with E-state index in [2.05, 4.69) is 82.0 Å². The SMILES string of the molecule is COc1cc2c(cc1OCCCCN1CCN(C(=S)S)C(CCC(c3ccccc3)c3ccccc3)C1C#N)N=C[C@@H]1CCCN1C2=O. The molecule has 48 heavy (non-hydrogen) atoms. The van der Waals surface area contributed by atoms with E-state index in [1.165, 1.54) is 11.1 Å². The number of thiol groups is 1. The first-order chi connectivity index (χ1) is 23.5. The molecule has 3 aromatic carbocycles. The summed E-state index contributed by atoms with van der Waals surface area (Å²) in [7, 11) is 1.59. The summed E-state index contributed by atoms with van der Waals surface area (Å²) in [5, 5.41) is 10.5. The predicted octanol–water partition coefficient (Wildman–Crippen LogP) is 6.88. The molecule has 6 rings (SSSR count). The lowest BCUT2D eigenvalue weighted by molar-refractivity contribution is 0.0774. The van der Waals surface area contributed by atoms with E-state index in [1.807, 2.05) is 29.3 Å². The molecule has 3 atom stereocenters. The van der Waals surface area contributed by atoms with E-state index in [0.29, 0.717) is 33.7 Å². The number of rotatable bonds is 12. The number of fused-ring (bicyclic) bond motifs is 2. The van der Waals surface area contributed by atoms with Gasteiger partial charge >= 0.3 is 0 Å². The summed E-state index contributed by atoms with van der Waals surface area (Å²) in [5.41, 5.74) is 3.72. The Labute approximate surface area is 294 Å². The maximum absolute atomic E-state index is 13.2. The molecule has 2 unspecified atom stereocenters. The minimum absolute atomic E-state index is 0.00497. The molecule has 2 saturated heterocycles. The van der Waals surface area contributed by atoms with Gasteiger partial charge in [-0.3, -0.25) is 14.7 Å². The van der Waals surface area contributed by atoms with Crippen molar-refractivity contribution in [3.8, 4) is 17.6 Å². The number of piperazine rings is 1. The average molecular weight is 682 g/mol. The van der Waals surface area contributed by atoms with Crippen LogP contribution in [0.4, 0.5) is 5.69 Å². The van der Waals surface area contributed by atoms with Crippen LogP contribution in [0.1, 0.15) is 65.9 Å². The van der Waals surface area contributed by atoms with Gasteiger partial charge in [0.1, 0.15) is 10.4 Å². The van der Waals surface area contributed by atoms with E-state index in [0.717, 1.165) is 64.7 Å². The quantitative estimate of drug-likeness (QED) is 0.127. The molecule has 0 bridgehead atoms. The van der Waals surface area contributed by atoms with Gasteiger partial charge in [-0.25, -0.2) is 0 Å². The predicted molar refractivity (Wildman–Crippen MR) is 197 cm³/mol. The average Bonchev–Trinajstić information content (AvgIpc) is 3.55. The summed E-state index contributed by atoms with van der Waals surface area (Å²) in [6, 6.07) is 27.1. The van der Waals surface area contributed by atoms with Gasteiger partial charge in [0, 0.05) is 37.8 Å². The van der Waals surface area contributed by atoms with Crippen LogP contribution in [0.25, 0.3) is 0 Å². The zero-order chi connectivity index (χ0) is 33.5. The molecule has 2 fully saturated rings. The first-order valence-corrected chi connectivity index (χ1v) is 17.8. The topological polar surface area (TPSA) is 81.4 Å². The molecule has 250 valence electrons. The molecular formula is C38H43N5O3S2. The van der Waals surface area contributed by atoms with Crippen LogP contribution < -0.4 is 9.47 Å². The van der Waals surface area contributed by atoms with Gasteiger partial charge in [-0.15, -0.1) is 12.6 Å². The number of aliphatic imine (C=N–C) groups is 1. The maximum atomic E-state index is 13.2. The second-order valence-electron chi connectivity index (χ2n) is 12.7. The van der Waals surface area contributed by atoms with Crippen molar-refractivity contribution < 1.29 is 14.3 Å². The highest BCUT2D eigenvalue weighted by Gasteiger charge is 2.37. The van der Waals surface area contributed by atoms with Crippen molar-refractivity contribution >= 4 is 47.0 Å². The number of benzene rings is 3. The van der Waals surface area contributed by atoms with Gasteiger partial charge in [-0.05, 0) is 62.3 Å². The van der Waals surface area contributed by atoms with E-state index in [9.17, 15) is 10.1 Å². The number of carbonyl (C=O) groups excluding carboxylic acids is 1. The third-order valence-electron chi connectivity index (χ3n) is 9.87. The fourth-order valence-electron chi connectivity index (χ4n) is 7.38. The molecular weight excluding hydrogens is 639 g/mol. The Hall–Kier alpha value is -3.91. The maximum Gasteiger partial charge on any atom is 0.256 e. The van der Waals surface area contributed by atoms with Crippen molar-refractivity contribution in [2.24, 2.45) is 4.99 Å². The Morgan fingerprint density at radius 2 is 1.77 bits per heavy atom. The number of ether oxygens (including phenoxy) is 2. The molecule has 1 amide bonds. The minimum atomic E-state index is -0.299. The van der Waals surface area contributed by atoms with Gasteiger partial charge < -0.3 is 19.3 Å². The minimum Gasteiger partial charge on any atom is -0.493 e. The molecule has 10 heteroatoms. The van der Waals surface area contributed by atoms with Gasteiger partial charge in [0.25, 0.3) is 5.91 Å². The summed E-state index contributed by atoms with van der Waals surface area (Å²) in [6.07, 6.45) is 7.19. The molecule has 0 aliphatic carbocycles. The molecule has 0 saturated carbocycles. The van der Waals surface area contributed by atoms with Crippen molar-refractivity contribution in [2.75, 3.05) is 39.9 Å². The van der Waals surface area contributed by atoms with Crippen LogP contribution in [0.2, 0.25) is 0 Å². The van der Waals surface area contributed by atoms with Crippen molar-refractivity contribution in [2.45, 2.75) is 62.6 Å². The fourth-order valence-corrected chi connectivity index (χ4v) is 7.85. The second kappa shape index (κ2) is 16.0. The largest absolute Gasteiger partial charge is 0.493 e. The Morgan fingerprint density at radius 1 is 1.04 bits per heavy atom. The lowest BCUT2D eigenvalue weighted by Crippen LogP contribution is -2.59. The highest BCUT2D eigenvalue weighted by Crippen LogP contribution is 2.38. The van der Waals surface area contributed by atoms with Crippen molar-refractivity contribution in [3.63, 3.8) is 0 Å². The number of methoxy groups -OCH3 is 1. The summed E-state index contributed by atoms with van der Waals surface area (Å²) in [5.74, 6) is 1.33. The molecule has 3 heterocycles. The number of nitrogens with zero attached hydrogens (tertiary/aromatic N) is 5. The van der Waals surface area contributed by atoms with Crippen LogP contribution in [0.15, 0.2) is 77.8 Å². The molecule has 0 aromatic heterocycles. The Balaban J connectivity index is 1.08. The Morgan fingerprint density at radius 3 is 2.44 bits per heavy atom. The molecule has 3 aliphatic rings. The number of unbranched alkanes of at least 4 members (excludes halogenated alkanes) is 1. The normalized spacial score (nSPS) is 20.6.